The van der Waals surface area contributed by atoms with E-state index in [0.717, 1.165) is 11.4 Å². The van der Waals surface area contributed by atoms with Crippen molar-refractivity contribution in [3.63, 3.8) is 0 Å². The molecule has 0 bridgehead atoms. The van der Waals surface area contributed by atoms with Crippen LogP contribution in [0.15, 0.2) is 36.4 Å². The highest BCUT2D eigenvalue weighted by molar-refractivity contribution is 5.88. The van der Waals surface area contributed by atoms with Gasteiger partial charge in [-0.05, 0) is 26.0 Å². The lowest BCUT2D eigenvalue weighted by Gasteiger charge is -2.10. The van der Waals surface area contributed by atoms with E-state index in [1.54, 1.807) is 6.92 Å². The third-order valence-corrected chi connectivity index (χ3v) is 2.22. The summed E-state index contributed by atoms with van der Waals surface area (Å²) in [7, 11) is 0. The summed E-state index contributed by atoms with van der Waals surface area (Å²) in [6.45, 7) is 8.72. The van der Waals surface area contributed by atoms with E-state index in [4.69, 9.17) is 9.47 Å². The van der Waals surface area contributed by atoms with Crippen LogP contribution in [0.3, 0.4) is 0 Å². The fourth-order valence-electron chi connectivity index (χ4n) is 1.38. The molecule has 0 aliphatic rings. The number of esters is 1. The minimum atomic E-state index is -0.369. The lowest BCUT2D eigenvalue weighted by Crippen LogP contribution is -2.14. The van der Waals surface area contributed by atoms with Gasteiger partial charge in [0.2, 0.25) is 0 Å². The van der Waals surface area contributed by atoms with Crippen LogP contribution in [0.4, 0.5) is 5.69 Å². The molecule has 0 saturated heterocycles. The van der Waals surface area contributed by atoms with Crippen molar-refractivity contribution in [1.29, 1.82) is 0 Å². The number of anilines is 1. The Morgan fingerprint density at radius 1 is 1.33 bits per heavy atom. The molecule has 4 heteroatoms. The Hall–Kier alpha value is -1.97. The second-order valence-electron chi connectivity index (χ2n) is 3.64. The van der Waals surface area contributed by atoms with E-state index in [0.29, 0.717) is 25.3 Å². The highest BCUT2D eigenvalue weighted by atomic mass is 16.5. The number of hydrogen-bond acceptors (Lipinski definition) is 4. The van der Waals surface area contributed by atoms with Crippen LogP contribution in [-0.4, -0.2) is 25.7 Å². The zero-order chi connectivity index (χ0) is 13.4. The molecule has 98 valence electrons. The monoisotopic (exact) mass is 249 g/mol. The van der Waals surface area contributed by atoms with E-state index < -0.39 is 0 Å². The zero-order valence-electron chi connectivity index (χ0n) is 10.9. The normalized spacial score (nSPS) is 9.67. The standard InChI is InChI=1S/C14H19NO3/c1-4-17-13-8-6-7-12(9-13)15-10-11(3)14(16)18-5-2/h6-9,15H,3-5,10H2,1-2H3. The van der Waals surface area contributed by atoms with Gasteiger partial charge in [-0.15, -0.1) is 0 Å². The molecule has 1 aromatic rings. The van der Waals surface area contributed by atoms with E-state index in [1.165, 1.54) is 0 Å². The van der Waals surface area contributed by atoms with Gasteiger partial charge in [0.05, 0.1) is 13.2 Å². The first-order chi connectivity index (χ1) is 8.67. The molecule has 0 saturated carbocycles. The molecule has 0 unspecified atom stereocenters. The smallest absolute Gasteiger partial charge is 0.335 e. The van der Waals surface area contributed by atoms with Gasteiger partial charge in [0.25, 0.3) is 0 Å². The molecule has 0 aromatic heterocycles. The van der Waals surface area contributed by atoms with Crippen molar-refractivity contribution in [3.05, 3.63) is 36.4 Å². The minimum Gasteiger partial charge on any atom is -0.494 e. The Bertz CT molecular complexity index is 415. The second kappa shape index (κ2) is 7.37. The van der Waals surface area contributed by atoms with Gasteiger partial charge in [-0.1, -0.05) is 12.6 Å². The summed E-state index contributed by atoms with van der Waals surface area (Å²) in [5, 5.41) is 3.10. The molecule has 0 spiro atoms. The average Bonchev–Trinajstić information content (AvgIpc) is 2.37. The first-order valence-electron chi connectivity index (χ1n) is 5.99. The predicted octanol–water partition coefficient (Wildman–Crippen LogP) is 2.62. The third kappa shape index (κ3) is 4.49. The lowest BCUT2D eigenvalue weighted by molar-refractivity contribution is -0.138. The van der Waals surface area contributed by atoms with E-state index in [2.05, 4.69) is 11.9 Å². The van der Waals surface area contributed by atoms with Crippen LogP contribution in [0.5, 0.6) is 5.75 Å². The predicted molar refractivity (Wildman–Crippen MR) is 71.9 cm³/mol. The number of carbonyl (C=O) groups excluding carboxylic acids is 1. The van der Waals surface area contributed by atoms with Crippen molar-refractivity contribution in [2.45, 2.75) is 13.8 Å². The van der Waals surface area contributed by atoms with Crippen molar-refractivity contribution >= 4 is 11.7 Å². The van der Waals surface area contributed by atoms with Gasteiger partial charge in [-0.25, -0.2) is 4.79 Å². The van der Waals surface area contributed by atoms with Gasteiger partial charge >= 0.3 is 5.97 Å². The van der Waals surface area contributed by atoms with Crippen LogP contribution in [0.2, 0.25) is 0 Å². The number of hydrogen-bond donors (Lipinski definition) is 1. The molecular formula is C14H19NO3. The fourth-order valence-corrected chi connectivity index (χ4v) is 1.38. The fraction of sp³-hybridized carbons (Fsp3) is 0.357. The molecule has 0 fully saturated rings. The van der Waals surface area contributed by atoms with E-state index in [1.807, 2.05) is 31.2 Å². The van der Waals surface area contributed by atoms with Gasteiger partial charge in [0.15, 0.2) is 0 Å². The van der Waals surface area contributed by atoms with Crippen molar-refractivity contribution in [2.75, 3.05) is 25.1 Å². The van der Waals surface area contributed by atoms with Gasteiger partial charge in [0, 0.05) is 23.9 Å². The Morgan fingerprint density at radius 3 is 2.78 bits per heavy atom. The van der Waals surface area contributed by atoms with E-state index in [-0.39, 0.29) is 5.97 Å². The van der Waals surface area contributed by atoms with Crippen molar-refractivity contribution in [3.8, 4) is 5.75 Å². The number of benzene rings is 1. The summed E-state index contributed by atoms with van der Waals surface area (Å²) in [6.07, 6.45) is 0. The second-order valence-corrected chi connectivity index (χ2v) is 3.64. The summed E-state index contributed by atoms with van der Waals surface area (Å²) < 4.78 is 10.2. The summed E-state index contributed by atoms with van der Waals surface area (Å²) >= 11 is 0. The summed E-state index contributed by atoms with van der Waals surface area (Å²) in [5.41, 5.74) is 1.28. The Labute approximate surface area is 108 Å². The highest BCUT2D eigenvalue weighted by Crippen LogP contribution is 2.17. The van der Waals surface area contributed by atoms with E-state index in [9.17, 15) is 4.79 Å². The maximum Gasteiger partial charge on any atom is 0.335 e. The molecule has 1 aromatic carbocycles. The molecule has 0 radical (unpaired) electrons. The first kappa shape index (κ1) is 14.1. The maximum absolute atomic E-state index is 11.3. The number of nitrogens with one attached hydrogen (secondary N) is 1. The number of rotatable bonds is 7. The molecule has 4 nitrogen and oxygen atoms in total. The topological polar surface area (TPSA) is 47.6 Å². The largest absolute Gasteiger partial charge is 0.494 e. The average molecular weight is 249 g/mol. The van der Waals surface area contributed by atoms with Crippen LogP contribution >= 0.6 is 0 Å². The molecule has 0 amide bonds. The molecular weight excluding hydrogens is 230 g/mol. The third-order valence-electron chi connectivity index (χ3n) is 2.22. The van der Waals surface area contributed by atoms with Gasteiger partial charge in [-0.2, -0.15) is 0 Å². The molecule has 1 rings (SSSR count). The molecule has 0 heterocycles. The van der Waals surface area contributed by atoms with Gasteiger partial charge < -0.3 is 14.8 Å². The maximum atomic E-state index is 11.3. The first-order valence-corrected chi connectivity index (χ1v) is 5.99. The van der Waals surface area contributed by atoms with Crippen molar-refractivity contribution < 1.29 is 14.3 Å². The van der Waals surface area contributed by atoms with Crippen LogP contribution in [0, 0.1) is 0 Å². The molecule has 0 aliphatic carbocycles. The molecule has 0 aliphatic heterocycles. The Kier molecular flexibility index (Phi) is 5.77. The van der Waals surface area contributed by atoms with Crippen molar-refractivity contribution in [1.82, 2.24) is 0 Å². The van der Waals surface area contributed by atoms with Gasteiger partial charge in [0.1, 0.15) is 5.75 Å². The van der Waals surface area contributed by atoms with Crippen LogP contribution in [-0.2, 0) is 9.53 Å². The molecule has 1 N–H and O–H groups in total. The van der Waals surface area contributed by atoms with Crippen molar-refractivity contribution in [2.24, 2.45) is 0 Å². The number of ether oxygens (including phenoxy) is 2. The SMILES string of the molecule is C=C(CNc1cccc(OCC)c1)C(=O)OCC. The summed E-state index contributed by atoms with van der Waals surface area (Å²) in [5.74, 6) is 0.426. The molecule has 0 atom stereocenters. The number of carbonyl (C=O) groups is 1. The molecule has 18 heavy (non-hydrogen) atoms. The van der Waals surface area contributed by atoms with Crippen LogP contribution < -0.4 is 10.1 Å². The zero-order valence-corrected chi connectivity index (χ0v) is 10.9. The van der Waals surface area contributed by atoms with Crippen LogP contribution in [0.25, 0.3) is 0 Å². The lowest BCUT2D eigenvalue weighted by atomic mass is 10.2. The Morgan fingerprint density at radius 2 is 2.11 bits per heavy atom. The summed E-state index contributed by atoms with van der Waals surface area (Å²) in [6, 6.07) is 7.55. The van der Waals surface area contributed by atoms with Gasteiger partial charge in [-0.3, -0.25) is 0 Å². The Balaban J connectivity index is 2.50. The van der Waals surface area contributed by atoms with Crippen LogP contribution in [0.1, 0.15) is 13.8 Å². The highest BCUT2D eigenvalue weighted by Gasteiger charge is 2.07. The quantitative estimate of drug-likeness (QED) is 0.596. The van der Waals surface area contributed by atoms with E-state index >= 15 is 0 Å². The minimum absolute atomic E-state index is 0.356. The summed E-state index contributed by atoms with van der Waals surface area (Å²) in [4.78, 5) is 11.3.